The van der Waals surface area contributed by atoms with Crippen molar-refractivity contribution in [1.29, 1.82) is 0 Å². The summed E-state index contributed by atoms with van der Waals surface area (Å²) in [6, 6.07) is 37.3. The normalized spacial score (nSPS) is 18.6. The summed E-state index contributed by atoms with van der Waals surface area (Å²) < 4.78 is 23.3. The van der Waals surface area contributed by atoms with E-state index in [1.165, 1.54) is 32.6 Å². The monoisotopic (exact) mass is 621 g/mol. The number of rotatable bonds is 4. The zero-order valence-electron chi connectivity index (χ0n) is 29.0. The molecule has 46 heavy (non-hydrogen) atoms. The molecular formula is C43H44O2Si. The minimum absolute atomic E-state index is 0.163. The largest absolute Gasteiger partial charge is 0.457 e. The molecule has 0 radical (unpaired) electrons. The Labute approximate surface area is 276 Å². The van der Waals surface area contributed by atoms with Crippen LogP contribution in [0.15, 0.2) is 103 Å². The van der Waals surface area contributed by atoms with Gasteiger partial charge in [-0.05, 0) is 47.2 Å². The lowest BCUT2D eigenvalue weighted by molar-refractivity contribution is 0.419. The van der Waals surface area contributed by atoms with Crippen molar-refractivity contribution < 1.29 is 10.8 Å². The van der Waals surface area contributed by atoms with Crippen LogP contribution < -0.4 is 19.8 Å². The van der Waals surface area contributed by atoms with Gasteiger partial charge in [-0.25, -0.2) is 0 Å². The summed E-state index contributed by atoms with van der Waals surface area (Å²) in [7, 11) is -2.32. The molecule has 1 saturated carbocycles. The van der Waals surface area contributed by atoms with Gasteiger partial charge in [-0.15, -0.1) is 0 Å². The van der Waals surface area contributed by atoms with Crippen molar-refractivity contribution in [3.63, 3.8) is 0 Å². The van der Waals surface area contributed by atoms with Crippen molar-refractivity contribution in [3.8, 4) is 34.1 Å². The van der Waals surface area contributed by atoms with Gasteiger partial charge in [-0.3, -0.25) is 0 Å². The van der Waals surface area contributed by atoms with Gasteiger partial charge in [-0.1, -0.05) is 150 Å². The van der Waals surface area contributed by atoms with E-state index in [0.717, 1.165) is 65.4 Å². The molecule has 0 bridgehead atoms. The Morgan fingerprint density at radius 2 is 1.15 bits per heavy atom. The van der Waals surface area contributed by atoms with Crippen LogP contribution in [0.4, 0.5) is 0 Å². The lowest BCUT2D eigenvalue weighted by Gasteiger charge is -2.38. The van der Waals surface area contributed by atoms with Crippen LogP contribution >= 0.6 is 0 Å². The first kappa shape index (κ1) is 28.2. The van der Waals surface area contributed by atoms with Crippen molar-refractivity contribution in [2.24, 2.45) is 0 Å². The Morgan fingerprint density at radius 1 is 0.609 bits per heavy atom. The Kier molecular flexibility index (Phi) is 6.41. The SMILES string of the molecule is [2H]C1(c2ccc([Si](C)(C)c3cccc4c3Oc3ccccc3C4(C)C)cc2-c2cccc3c2Oc2ccccc2C3(C)C)CCCC1. The second kappa shape index (κ2) is 10.5. The van der Waals surface area contributed by atoms with E-state index in [-0.39, 0.29) is 10.8 Å². The maximum Gasteiger partial charge on any atom is 0.139 e. The van der Waals surface area contributed by atoms with Crippen molar-refractivity contribution in [2.75, 3.05) is 0 Å². The number of ether oxygens (including phenoxy) is 2. The number of hydrogen-bond acceptors (Lipinski definition) is 2. The summed E-state index contributed by atoms with van der Waals surface area (Å²) in [5.41, 5.74) is 7.86. The number of hydrogen-bond donors (Lipinski definition) is 0. The molecule has 1 fully saturated rings. The van der Waals surface area contributed by atoms with Crippen molar-refractivity contribution >= 4 is 18.4 Å². The predicted octanol–water partition coefficient (Wildman–Crippen LogP) is 10.7. The Balaban J connectivity index is 1.32. The van der Waals surface area contributed by atoms with Gasteiger partial charge in [0.15, 0.2) is 0 Å². The molecule has 3 heteroatoms. The fourth-order valence-electron chi connectivity index (χ4n) is 8.33. The molecule has 3 aliphatic rings. The molecule has 2 nitrogen and oxygen atoms in total. The number of fused-ring (bicyclic) bond motifs is 4. The molecule has 0 atom stereocenters. The third-order valence-corrected chi connectivity index (χ3v) is 14.7. The van der Waals surface area contributed by atoms with E-state index in [2.05, 4.69) is 144 Å². The van der Waals surface area contributed by atoms with Gasteiger partial charge in [0.25, 0.3) is 0 Å². The fraction of sp³-hybridized carbons (Fsp3) is 0.302. The molecule has 5 aromatic carbocycles. The van der Waals surface area contributed by atoms with Crippen molar-refractivity contribution in [1.82, 2.24) is 0 Å². The molecule has 8 rings (SSSR count). The van der Waals surface area contributed by atoms with E-state index < -0.39 is 14.0 Å². The topological polar surface area (TPSA) is 18.5 Å². The van der Waals surface area contributed by atoms with Gasteiger partial charge in [0.05, 0.1) is 0 Å². The van der Waals surface area contributed by atoms with Gasteiger partial charge in [0.2, 0.25) is 0 Å². The van der Waals surface area contributed by atoms with E-state index in [0.29, 0.717) is 0 Å². The summed E-state index contributed by atoms with van der Waals surface area (Å²) in [5.74, 6) is 3.21. The summed E-state index contributed by atoms with van der Waals surface area (Å²) in [5, 5.41) is 2.64. The molecule has 0 N–H and O–H groups in total. The Hall–Kier alpha value is -4.08. The standard InChI is InChI=1S/C43H44O2Si/c1-42(2)33-18-9-11-22-37(33)44-40-31(17-13-20-35(40)42)32-27-29(25-26-30(32)28-15-7-8-16-28)46(5,6)39-24-14-21-36-41(39)45-38-23-12-10-19-34(38)43(36,3)4/h9-14,17-28H,7-8,15-16H2,1-6H3/i28D. The quantitative estimate of drug-likeness (QED) is 0.186. The maximum absolute atomic E-state index is 9.73. The minimum Gasteiger partial charge on any atom is -0.457 e. The zero-order valence-corrected chi connectivity index (χ0v) is 29.0. The molecule has 0 spiro atoms. The van der Waals surface area contributed by atoms with Gasteiger partial charge in [0, 0.05) is 40.0 Å². The summed E-state index contributed by atoms with van der Waals surface area (Å²) >= 11 is 0. The van der Waals surface area contributed by atoms with E-state index in [1.54, 1.807) is 0 Å². The third-order valence-electron chi connectivity index (χ3n) is 11.2. The van der Waals surface area contributed by atoms with Crippen molar-refractivity contribution in [2.45, 2.75) is 83.2 Å². The van der Waals surface area contributed by atoms with Crippen LogP contribution in [0.1, 0.15) is 88.5 Å². The van der Waals surface area contributed by atoms with E-state index in [1.807, 2.05) is 0 Å². The third kappa shape index (κ3) is 4.35. The van der Waals surface area contributed by atoms with Crippen LogP contribution in [0.25, 0.3) is 11.1 Å². The molecular weight excluding hydrogens is 577 g/mol. The van der Waals surface area contributed by atoms with Gasteiger partial charge in [0.1, 0.15) is 31.1 Å². The highest BCUT2D eigenvalue weighted by molar-refractivity contribution is 7.01. The van der Waals surface area contributed by atoms with Crippen LogP contribution in [0.5, 0.6) is 23.0 Å². The van der Waals surface area contributed by atoms with Crippen LogP contribution in [0, 0.1) is 0 Å². The molecule has 2 aliphatic heterocycles. The highest BCUT2D eigenvalue weighted by atomic mass is 28.3. The lowest BCUT2D eigenvalue weighted by atomic mass is 9.74. The molecule has 0 unspecified atom stereocenters. The molecule has 0 aromatic heterocycles. The average Bonchev–Trinajstić information content (AvgIpc) is 3.51. The summed E-state index contributed by atoms with van der Waals surface area (Å²) in [4.78, 5) is 0. The smallest absolute Gasteiger partial charge is 0.139 e. The molecule has 0 saturated heterocycles. The van der Waals surface area contributed by atoms with Crippen LogP contribution in [0.3, 0.4) is 0 Å². The summed E-state index contributed by atoms with van der Waals surface area (Å²) in [6.45, 7) is 14.1. The Bertz CT molecular complexity index is 2050. The van der Waals surface area contributed by atoms with Crippen LogP contribution in [-0.2, 0) is 10.8 Å². The zero-order chi connectivity index (χ0) is 32.8. The van der Waals surface area contributed by atoms with Gasteiger partial charge < -0.3 is 9.47 Å². The van der Waals surface area contributed by atoms with Crippen LogP contribution in [0.2, 0.25) is 13.1 Å². The predicted molar refractivity (Wildman–Crippen MR) is 194 cm³/mol. The average molecular weight is 622 g/mol. The highest BCUT2D eigenvalue weighted by Gasteiger charge is 2.40. The number of para-hydroxylation sites is 4. The van der Waals surface area contributed by atoms with Crippen LogP contribution in [-0.4, -0.2) is 8.07 Å². The van der Waals surface area contributed by atoms with Gasteiger partial charge >= 0.3 is 0 Å². The lowest BCUT2D eigenvalue weighted by Crippen LogP contribution is -2.54. The molecule has 5 aromatic rings. The van der Waals surface area contributed by atoms with Crippen molar-refractivity contribution in [3.05, 3.63) is 131 Å². The second-order valence-electron chi connectivity index (χ2n) is 15.0. The van der Waals surface area contributed by atoms with E-state index in [9.17, 15) is 1.37 Å². The Morgan fingerprint density at radius 3 is 1.80 bits per heavy atom. The molecule has 232 valence electrons. The highest BCUT2D eigenvalue weighted by Crippen LogP contribution is 2.53. The fourth-order valence-corrected chi connectivity index (χ4v) is 10.9. The molecule has 1 aliphatic carbocycles. The minimum atomic E-state index is -2.32. The maximum atomic E-state index is 9.73. The molecule has 0 amide bonds. The first-order valence-corrected chi connectivity index (χ1v) is 19.9. The first-order valence-electron chi connectivity index (χ1n) is 17.4. The van der Waals surface area contributed by atoms with Gasteiger partial charge in [-0.2, -0.15) is 0 Å². The molecule has 2 heterocycles. The first-order chi connectivity index (χ1) is 22.4. The van der Waals surface area contributed by atoms with E-state index >= 15 is 0 Å². The second-order valence-corrected chi connectivity index (χ2v) is 19.4. The number of benzene rings is 5. The summed E-state index contributed by atoms with van der Waals surface area (Å²) in [6.07, 6.45) is 3.97. The van der Waals surface area contributed by atoms with E-state index in [4.69, 9.17) is 9.47 Å².